The highest BCUT2D eigenvalue weighted by atomic mass is 32.2. The lowest BCUT2D eigenvalue weighted by molar-refractivity contribution is 0.0693. The van der Waals surface area contributed by atoms with Gasteiger partial charge in [-0.2, -0.15) is 9.40 Å². The molecule has 186 valence electrons. The number of piperidine rings is 1. The van der Waals surface area contributed by atoms with Crippen molar-refractivity contribution in [1.82, 2.24) is 19.0 Å². The van der Waals surface area contributed by atoms with E-state index in [4.69, 9.17) is 4.74 Å². The number of anilines is 1. The van der Waals surface area contributed by atoms with Crippen LogP contribution in [0.2, 0.25) is 0 Å². The van der Waals surface area contributed by atoms with E-state index >= 15 is 0 Å². The molecule has 1 aromatic carbocycles. The number of nitrogens with zero attached hydrogens (tertiary/aromatic N) is 5. The van der Waals surface area contributed by atoms with E-state index in [9.17, 15) is 13.2 Å². The van der Waals surface area contributed by atoms with Crippen LogP contribution in [0.5, 0.6) is 5.75 Å². The number of ether oxygens (including phenoxy) is 1. The molecule has 0 atom stereocenters. The number of para-hydroxylation sites is 2. The lowest BCUT2D eigenvalue weighted by Gasteiger charge is -2.36. The molecule has 2 aliphatic heterocycles. The summed E-state index contributed by atoms with van der Waals surface area (Å²) in [4.78, 5) is 17.2. The maximum atomic E-state index is 13.6. The summed E-state index contributed by atoms with van der Waals surface area (Å²) < 4.78 is 36.0. The molecule has 0 radical (unpaired) electrons. The Kier molecular flexibility index (Phi) is 7.47. The number of aromatic nitrogens is 2. The minimum atomic E-state index is -3.91. The van der Waals surface area contributed by atoms with Gasteiger partial charge in [0.05, 0.1) is 17.9 Å². The molecule has 9 nitrogen and oxygen atoms in total. The van der Waals surface area contributed by atoms with Crippen molar-refractivity contribution in [3.05, 3.63) is 36.0 Å². The molecule has 2 aromatic rings. The summed E-state index contributed by atoms with van der Waals surface area (Å²) in [6, 6.07) is 7.81. The van der Waals surface area contributed by atoms with Gasteiger partial charge in [0.2, 0.25) is 5.03 Å². The van der Waals surface area contributed by atoms with E-state index in [1.54, 1.807) is 15.8 Å². The Labute approximate surface area is 202 Å². The topological polar surface area (TPSA) is 88.0 Å². The van der Waals surface area contributed by atoms with Crippen LogP contribution in [0, 0.1) is 5.92 Å². The van der Waals surface area contributed by atoms with Crippen molar-refractivity contribution in [3.8, 4) is 5.75 Å². The number of sulfonamides is 1. The van der Waals surface area contributed by atoms with E-state index in [1.807, 2.05) is 38.1 Å². The second kappa shape index (κ2) is 10.4. The van der Waals surface area contributed by atoms with Gasteiger partial charge in [-0.3, -0.25) is 9.48 Å². The van der Waals surface area contributed by atoms with Gasteiger partial charge < -0.3 is 14.5 Å². The van der Waals surface area contributed by atoms with Gasteiger partial charge >= 0.3 is 0 Å². The summed E-state index contributed by atoms with van der Waals surface area (Å²) in [5.74, 6) is 1.14. The Morgan fingerprint density at radius 1 is 1.06 bits per heavy atom. The molecule has 0 spiro atoms. The average Bonchev–Trinajstić information content (AvgIpc) is 3.30. The van der Waals surface area contributed by atoms with E-state index in [2.05, 4.69) is 16.9 Å². The summed E-state index contributed by atoms with van der Waals surface area (Å²) in [5.41, 5.74) is 1.15. The zero-order chi connectivity index (χ0) is 24.3. The van der Waals surface area contributed by atoms with Crippen LogP contribution in [-0.2, 0) is 16.6 Å². The number of likely N-dealkylation sites (tertiary alicyclic amines) is 1. The predicted octanol–water partition coefficient (Wildman–Crippen LogP) is 2.68. The van der Waals surface area contributed by atoms with Gasteiger partial charge in [0.15, 0.2) is 0 Å². The third-order valence-electron chi connectivity index (χ3n) is 6.68. The smallest absolute Gasteiger partial charge is 0.263 e. The highest BCUT2D eigenvalue weighted by Crippen LogP contribution is 2.30. The second-order valence-corrected chi connectivity index (χ2v) is 10.8. The van der Waals surface area contributed by atoms with Crippen molar-refractivity contribution in [2.45, 2.75) is 45.2 Å². The first-order valence-corrected chi connectivity index (χ1v) is 13.6. The number of carbonyl (C=O) groups excluding carboxylic acids is 1. The van der Waals surface area contributed by atoms with Crippen molar-refractivity contribution in [2.75, 3.05) is 50.8 Å². The molecule has 4 rings (SSSR count). The van der Waals surface area contributed by atoms with Crippen LogP contribution in [-0.4, -0.2) is 79.2 Å². The van der Waals surface area contributed by atoms with Crippen LogP contribution < -0.4 is 9.64 Å². The monoisotopic (exact) mass is 489 g/mol. The lowest BCUT2D eigenvalue weighted by Crippen LogP contribution is -2.49. The third kappa shape index (κ3) is 4.93. The second-order valence-electron chi connectivity index (χ2n) is 8.97. The first kappa shape index (κ1) is 24.5. The fourth-order valence-electron chi connectivity index (χ4n) is 4.57. The zero-order valence-corrected chi connectivity index (χ0v) is 21.1. The highest BCUT2D eigenvalue weighted by molar-refractivity contribution is 7.89. The molecule has 0 aliphatic carbocycles. The first-order valence-electron chi connectivity index (χ1n) is 12.2. The molecule has 2 aliphatic rings. The largest absolute Gasteiger partial charge is 0.492 e. The number of rotatable bonds is 7. The zero-order valence-electron chi connectivity index (χ0n) is 20.3. The van der Waals surface area contributed by atoms with Gasteiger partial charge in [-0.1, -0.05) is 19.1 Å². The van der Waals surface area contributed by atoms with E-state index in [-0.39, 0.29) is 16.5 Å². The molecule has 0 saturated carbocycles. The summed E-state index contributed by atoms with van der Waals surface area (Å²) in [5, 5.41) is 4.20. The van der Waals surface area contributed by atoms with Crippen LogP contribution in [0.3, 0.4) is 0 Å². The molecule has 3 heterocycles. The third-order valence-corrected chi connectivity index (χ3v) is 8.52. The maximum absolute atomic E-state index is 13.6. The Bertz CT molecular complexity index is 1100. The number of piperazine rings is 1. The predicted molar refractivity (Wildman–Crippen MR) is 131 cm³/mol. The molecular weight excluding hydrogens is 454 g/mol. The Morgan fingerprint density at radius 3 is 2.38 bits per heavy atom. The SMILES string of the molecule is CCOc1ccccc1N1CCN(S(=O)(=O)c2nn(CC)cc2C(=O)N2CCC(C)CC2)CC1. The molecular formula is C24H35N5O4S. The minimum Gasteiger partial charge on any atom is -0.492 e. The van der Waals surface area contributed by atoms with Gasteiger partial charge in [-0.15, -0.1) is 0 Å². The molecule has 34 heavy (non-hydrogen) atoms. The van der Waals surface area contributed by atoms with Crippen LogP contribution in [0.4, 0.5) is 5.69 Å². The van der Waals surface area contributed by atoms with Crippen LogP contribution in [0.15, 0.2) is 35.5 Å². The minimum absolute atomic E-state index is 0.124. The van der Waals surface area contributed by atoms with Gasteiger partial charge in [0.1, 0.15) is 5.75 Å². The van der Waals surface area contributed by atoms with E-state index in [0.29, 0.717) is 58.3 Å². The summed E-state index contributed by atoms with van der Waals surface area (Å²) >= 11 is 0. The summed E-state index contributed by atoms with van der Waals surface area (Å²) in [6.07, 6.45) is 3.45. The molecule has 10 heteroatoms. The molecule has 0 N–H and O–H groups in total. The van der Waals surface area contributed by atoms with E-state index in [0.717, 1.165) is 24.3 Å². The first-order chi connectivity index (χ1) is 16.3. The van der Waals surface area contributed by atoms with Gasteiger partial charge in [0, 0.05) is 52.0 Å². The van der Waals surface area contributed by atoms with Crippen molar-refractivity contribution < 1.29 is 17.9 Å². The molecule has 0 unspecified atom stereocenters. The van der Waals surface area contributed by atoms with Crippen LogP contribution in [0.25, 0.3) is 0 Å². The normalized spacial score (nSPS) is 18.3. The fourth-order valence-corrected chi connectivity index (χ4v) is 6.09. The molecule has 1 aromatic heterocycles. The van der Waals surface area contributed by atoms with Gasteiger partial charge in [0.25, 0.3) is 15.9 Å². The van der Waals surface area contributed by atoms with E-state index < -0.39 is 10.0 Å². The Balaban J connectivity index is 1.53. The Hall–Kier alpha value is -2.59. The maximum Gasteiger partial charge on any atom is 0.263 e. The van der Waals surface area contributed by atoms with Crippen LogP contribution in [0.1, 0.15) is 44.0 Å². The summed E-state index contributed by atoms with van der Waals surface area (Å²) in [6.45, 7) is 10.1. The van der Waals surface area contributed by atoms with Crippen LogP contribution >= 0.6 is 0 Å². The number of hydrogen-bond donors (Lipinski definition) is 0. The Morgan fingerprint density at radius 2 is 1.74 bits per heavy atom. The molecule has 2 saturated heterocycles. The quantitative estimate of drug-likeness (QED) is 0.594. The standard InChI is InChI=1S/C24H35N5O4S/c1-4-28-18-20(24(30)27-12-10-19(3)11-13-27)23(25-28)34(31,32)29-16-14-26(15-17-29)21-8-6-7-9-22(21)33-5-2/h6-9,18-19H,4-5,10-17H2,1-3H3. The number of amides is 1. The van der Waals surface area contributed by atoms with Crippen molar-refractivity contribution in [1.29, 1.82) is 0 Å². The molecule has 2 fully saturated rings. The van der Waals surface area contributed by atoms with Gasteiger partial charge in [-0.25, -0.2) is 8.42 Å². The number of benzene rings is 1. The summed E-state index contributed by atoms with van der Waals surface area (Å²) in [7, 11) is -3.91. The van der Waals surface area contributed by atoms with Crippen molar-refractivity contribution in [2.24, 2.45) is 5.92 Å². The molecule has 1 amide bonds. The number of carbonyl (C=O) groups is 1. The van der Waals surface area contributed by atoms with E-state index in [1.165, 1.54) is 4.31 Å². The lowest BCUT2D eigenvalue weighted by atomic mass is 9.99. The van der Waals surface area contributed by atoms with Crippen molar-refractivity contribution in [3.63, 3.8) is 0 Å². The number of aryl methyl sites for hydroxylation is 1. The molecule has 0 bridgehead atoms. The number of hydrogen-bond acceptors (Lipinski definition) is 6. The highest BCUT2D eigenvalue weighted by Gasteiger charge is 2.36. The van der Waals surface area contributed by atoms with Crippen molar-refractivity contribution >= 4 is 21.6 Å². The average molecular weight is 490 g/mol. The van der Waals surface area contributed by atoms with Gasteiger partial charge in [-0.05, 0) is 44.7 Å². The fraction of sp³-hybridized carbons (Fsp3) is 0.583.